The first kappa shape index (κ1) is 13.0. The Kier molecular flexibility index (Phi) is 4.29. The van der Waals surface area contributed by atoms with Gasteiger partial charge in [0.15, 0.2) is 0 Å². The van der Waals surface area contributed by atoms with E-state index in [4.69, 9.17) is 9.84 Å². The SMILES string of the molecule is COC(C)CCC(=O)NC1(C(=O)O)CCC1. The van der Waals surface area contributed by atoms with Gasteiger partial charge < -0.3 is 15.2 Å². The van der Waals surface area contributed by atoms with Crippen molar-refractivity contribution in [1.29, 1.82) is 0 Å². The third-order valence-electron chi connectivity index (χ3n) is 3.18. The van der Waals surface area contributed by atoms with Gasteiger partial charge >= 0.3 is 5.97 Å². The van der Waals surface area contributed by atoms with E-state index in [2.05, 4.69) is 5.32 Å². The second-order valence-corrected chi connectivity index (χ2v) is 4.37. The molecule has 1 rings (SSSR count). The molecule has 5 nitrogen and oxygen atoms in total. The summed E-state index contributed by atoms with van der Waals surface area (Å²) in [5.41, 5.74) is -0.993. The summed E-state index contributed by atoms with van der Waals surface area (Å²) in [5.74, 6) is -1.13. The zero-order valence-electron chi connectivity index (χ0n) is 9.78. The molecule has 1 saturated carbocycles. The number of amides is 1. The van der Waals surface area contributed by atoms with Gasteiger partial charge in [0.05, 0.1) is 6.10 Å². The Morgan fingerprint density at radius 1 is 1.50 bits per heavy atom. The van der Waals surface area contributed by atoms with Crippen molar-refractivity contribution in [2.45, 2.75) is 50.7 Å². The first-order valence-electron chi connectivity index (χ1n) is 5.57. The van der Waals surface area contributed by atoms with Crippen LogP contribution in [0.15, 0.2) is 0 Å². The molecule has 1 amide bonds. The number of carboxylic acid groups (broad SMARTS) is 1. The molecule has 0 saturated heterocycles. The van der Waals surface area contributed by atoms with Crippen LogP contribution in [0.3, 0.4) is 0 Å². The van der Waals surface area contributed by atoms with Crippen molar-refractivity contribution in [3.8, 4) is 0 Å². The van der Waals surface area contributed by atoms with Crippen molar-refractivity contribution in [2.75, 3.05) is 7.11 Å². The van der Waals surface area contributed by atoms with E-state index in [1.54, 1.807) is 7.11 Å². The van der Waals surface area contributed by atoms with Gasteiger partial charge in [-0.3, -0.25) is 4.79 Å². The van der Waals surface area contributed by atoms with Crippen LogP contribution in [0.25, 0.3) is 0 Å². The van der Waals surface area contributed by atoms with Crippen LogP contribution < -0.4 is 5.32 Å². The Hall–Kier alpha value is -1.10. The Labute approximate surface area is 95.2 Å². The molecule has 0 spiro atoms. The van der Waals surface area contributed by atoms with Crippen LogP contribution in [-0.4, -0.2) is 35.7 Å². The number of carbonyl (C=O) groups excluding carboxylic acids is 1. The molecule has 0 aromatic rings. The third-order valence-corrected chi connectivity index (χ3v) is 3.18. The van der Waals surface area contributed by atoms with Gasteiger partial charge in [0.1, 0.15) is 5.54 Å². The first-order valence-corrected chi connectivity index (χ1v) is 5.57. The molecule has 1 atom stereocenters. The molecule has 0 aromatic carbocycles. The average molecular weight is 229 g/mol. The number of hydrogen-bond donors (Lipinski definition) is 2. The van der Waals surface area contributed by atoms with E-state index < -0.39 is 11.5 Å². The van der Waals surface area contributed by atoms with Crippen LogP contribution >= 0.6 is 0 Å². The Morgan fingerprint density at radius 2 is 2.12 bits per heavy atom. The minimum Gasteiger partial charge on any atom is -0.480 e. The minimum atomic E-state index is -0.993. The number of carboxylic acids is 1. The fourth-order valence-corrected chi connectivity index (χ4v) is 1.70. The second-order valence-electron chi connectivity index (χ2n) is 4.37. The average Bonchev–Trinajstić information content (AvgIpc) is 2.19. The number of methoxy groups -OCH3 is 1. The predicted octanol–water partition coefficient (Wildman–Crippen LogP) is 0.925. The van der Waals surface area contributed by atoms with Crippen molar-refractivity contribution in [1.82, 2.24) is 5.32 Å². The van der Waals surface area contributed by atoms with Crippen LogP contribution in [0.4, 0.5) is 0 Å². The monoisotopic (exact) mass is 229 g/mol. The van der Waals surface area contributed by atoms with Crippen LogP contribution in [0.5, 0.6) is 0 Å². The van der Waals surface area contributed by atoms with Crippen molar-refractivity contribution in [3.63, 3.8) is 0 Å². The summed E-state index contributed by atoms with van der Waals surface area (Å²) in [4.78, 5) is 22.5. The zero-order valence-corrected chi connectivity index (χ0v) is 9.78. The first-order chi connectivity index (χ1) is 7.50. The Balaban J connectivity index is 2.36. The van der Waals surface area contributed by atoms with Gasteiger partial charge in [-0.05, 0) is 32.6 Å². The fourth-order valence-electron chi connectivity index (χ4n) is 1.70. The highest BCUT2D eigenvalue weighted by atomic mass is 16.5. The largest absolute Gasteiger partial charge is 0.480 e. The molecule has 16 heavy (non-hydrogen) atoms. The van der Waals surface area contributed by atoms with Crippen molar-refractivity contribution in [2.24, 2.45) is 0 Å². The minimum absolute atomic E-state index is 0.0212. The number of carbonyl (C=O) groups is 2. The summed E-state index contributed by atoms with van der Waals surface area (Å²) in [5, 5.41) is 11.6. The van der Waals surface area contributed by atoms with Crippen molar-refractivity contribution in [3.05, 3.63) is 0 Å². The molecule has 1 unspecified atom stereocenters. The van der Waals surface area contributed by atoms with Crippen LogP contribution in [0.2, 0.25) is 0 Å². The van der Waals surface area contributed by atoms with Crippen LogP contribution in [-0.2, 0) is 14.3 Å². The number of nitrogens with one attached hydrogen (secondary N) is 1. The standard InChI is InChI=1S/C11H19NO4/c1-8(16-2)4-5-9(13)12-11(10(14)15)6-3-7-11/h8H,3-7H2,1-2H3,(H,12,13)(H,14,15). The molecule has 2 N–H and O–H groups in total. The van der Waals surface area contributed by atoms with Gasteiger partial charge in [-0.15, -0.1) is 0 Å². The van der Waals surface area contributed by atoms with E-state index in [1.807, 2.05) is 6.92 Å². The summed E-state index contributed by atoms with van der Waals surface area (Å²) in [6.45, 7) is 1.88. The molecular weight excluding hydrogens is 210 g/mol. The molecule has 92 valence electrons. The fraction of sp³-hybridized carbons (Fsp3) is 0.818. The van der Waals surface area contributed by atoms with E-state index in [0.717, 1.165) is 6.42 Å². The van der Waals surface area contributed by atoms with Gasteiger partial charge in [-0.1, -0.05) is 0 Å². The molecular formula is C11H19NO4. The Bertz CT molecular complexity index is 273. The lowest BCUT2D eigenvalue weighted by molar-refractivity contribution is -0.151. The maximum atomic E-state index is 11.5. The summed E-state index contributed by atoms with van der Waals surface area (Å²) in [6, 6.07) is 0. The highest BCUT2D eigenvalue weighted by Crippen LogP contribution is 2.32. The maximum Gasteiger partial charge on any atom is 0.329 e. The lowest BCUT2D eigenvalue weighted by Crippen LogP contribution is -2.59. The number of ether oxygens (including phenoxy) is 1. The normalized spacial score (nSPS) is 19.6. The summed E-state index contributed by atoms with van der Waals surface area (Å²) < 4.78 is 5.02. The zero-order chi connectivity index (χ0) is 12.2. The molecule has 0 heterocycles. The maximum absolute atomic E-state index is 11.5. The Morgan fingerprint density at radius 3 is 2.50 bits per heavy atom. The van der Waals surface area contributed by atoms with Gasteiger partial charge in [0, 0.05) is 13.5 Å². The molecule has 0 bridgehead atoms. The number of aliphatic carboxylic acids is 1. The summed E-state index contributed by atoms with van der Waals surface area (Å²) in [7, 11) is 1.59. The van der Waals surface area contributed by atoms with Gasteiger partial charge in [0.25, 0.3) is 0 Å². The quantitative estimate of drug-likeness (QED) is 0.710. The van der Waals surface area contributed by atoms with Crippen molar-refractivity contribution < 1.29 is 19.4 Å². The third kappa shape index (κ3) is 2.95. The molecule has 1 aliphatic rings. The number of rotatable bonds is 6. The highest BCUT2D eigenvalue weighted by Gasteiger charge is 2.45. The van der Waals surface area contributed by atoms with E-state index in [9.17, 15) is 9.59 Å². The molecule has 0 aromatic heterocycles. The topological polar surface area (TPSA) is 75.6 Å². The van der Waals surface area contributed by atoms with E-state index in [1.165, 1.54) is 0 Å². The molecule has 1 aliphatic carbocycles. The predicted molar refractivity (Wildman–Crippen MR) is 58.1 cm³/mol. The lowest BCUT2D eigenvalue weighted by Gasteiger charge is -2.38. The van der Waals surface area contributed by atoms with Gasteiger partial charge in [-0.2, -0.15) is 0 Å². The summed E-state index contributed by atoms with van der Waals surface area (Å²) in [6.07, 6.45) is 2.87. The smallest absolute Gasteiger partial charge is 0.329 e. The van der Waals surface area contributed by atoms with E-state index in [-0.39, 0.29) is 12.0 Å². The van der Waals surface area contributed by atoms with Gasteiger partial charge in [0.2, 0.25) is 5.91 Å². The van der Waals surface area contributed by atoms with E-state index in [0.29, 0.717) is 25.7 Å². The second kappa shape index (κ2) is 5.30. The molecule has 1 fully saturated rings. The van der Waals surface area contributed by atoms with Crippen LogP contribution in [0, 0.1) is 0 Å². The molecule has 0 radical (unpaired) electrons. The van der Waals surface area contributed by atoms with E-state index >= 15 is 0 Å². The summed E-state index contributed by atoms with van der Waals surface area (Å²) >= 11 is 0. The number of hydrogen-bond acceptors (Lipinski definition) is 3. The lowest BCUT2D eigenvalue weighted by atomic mass is 9.76. The van der Waals surface area contributed by atoms with Crippen molar-refractivity contribution >= 4 is 11.9 Å². The highest BCUT2D eigenvalue weighted by molar-refractivity contribution is 5.87. The molecule has 5 heteroatoms. The molecule has 0 aliphatic heterocycles. The van der Waals surface area contributed by atoms with Gasteiger partial charge in [-0.25, -0.2) is 4.79 Å². The van der Waals surface area contributed by atoms with Crippen LogP contribution in [0.1, 0.15) is 39.0 Å².